The minimum Gasteiger partial charge on any atom is -0.497 e. The zero-order chi connectivity index (χ0) is 15.4. The molecule has 0 spiro atoms. The lowest BCUT2D eigenvalue weighted by molar-refractivity contribution is 0.102. The summed E-state index contributed by atoms with van der Waals surface area (Å²) in [5.74, 6) is 0.832. The van der Waals surface area contributed by atoms with Crippen molar-refractivity contribution in [3.8, 4) is 17.1 Å². The fourth-order valence-electron chi connectivity index (χ4n) is 1.96. The van der Waals surface area contributed by atoms with Crippen molar-refractivity contribution in [1.82, 2.24) is 15.0 Å². The van der Waals surface area contributed by atoms with Crippen LogP contribution in [-0.2, 0) is 0 Å². The summed E-state index contributed by atoms with van der Waals surface area (Å²) in [5, 5.41) is 2.71. The van der Waals surface area contributed by atoms with Gasteiger partial charge in [-0.25, -0.2) is 4.98 Å². The maximum Gasteiger partial charge on any atom is 0.257 e. The molecular formula is C16H14N4O2. The molecule has 0 aliphatic carbocycles. The Balaban J connectivity index is 1.73. The van der Waals surface area contributed by atoms with Crippen LogP contribution in [0.15, 0.2) is 54.9 Å². The number of anilines is 1. The Labute approximate surface area is 127 Å². The molecule has 0 unspecified atom stereocenters. The van der Waals surface area contributed by atoms with Crippen LogP contribution in [0.4, 0.5) is 5.95 Å². The first-order valence-corrected chi connectivity index (χ1v) is 6.68. The van der Waals surface area contributed by atoms with Gasteiger partial charge in [0.25, 0.3) is 5.91 Å². The lowest BCUT2D eigenvalue weighted by Gasteiger charge is -2.03. The summed E-state index contributed by atoms with van der Waals surface area (Å²) in [7, 11) is 1.58. The first-order chi connectivity index (χ1) is 10.8. The van der Waals surface area contributed by atoms with Gasteiger partial charge in [0, 0.05) is 11.8 Å². The highest BCUT2D eigenvalue weighted by Crippen LogP contribution is 2.16. The van der Waals surface area contributed by atoms with Crippen molar-refractivity contribution in [2.45, 2.75) is 0 Å². The molecule has 0 saturated heterocycles. The molecule has 3 aromatic rings. The number of benzene rings is 1. The summed E-state index contributed by atoms with van der Waals surface area (Å²) in [6.45, 7) is 0. The molecule has 22 heavy (non-hydrogen) atoms. The third kappa shape index (κ3) is 2.95. The predicted molar refractivity (Wildman–Crippen MR) is 82.8 cm³/mol. The van der Waals surface area contributed by atoms with Crippen molar-refractivity contribution in [3.05, 3.63) is 60.4 Å². The van der Waals surface area contributed by atoms with Crippen LogP contribution < -0.4 is 10.1 Å². The van der Waals surface area contributed by atoms with Crippen molar-refractivity contribution in [2.24, 2.45) is 0 Å². The SMILES string of the molecule is COc1ccc(C(=O)Nc2ncc(-c3ccccn3)[nH]2)cc1. The van der Waals surface area contributed by atoms with E-state index >= 15 is 0 Å². The number of nitrogens with zero attached hydrogens (tertiary/aromatic N) is 2. The average molecular weight is 294 g/mol. The Hall–Kier alpha value is -3.15. The number of carbonyl (C=O) groups is 1. The van der Waals surface area contributed by atoms with E-state index in [2.05, 4.69) is 20.3 Å². The molecule has 0 radical (unpaired) electrons. The monoisotopic (exact) mass is 294 g/mol. The van der Waals surface area contributed by atoms with Crippen LogP contribution in [0.3, 0.4) is 0 Å². The van der Waals surface area contributed by atoms with E-state index < -0.39 is 0 Å². The first-order valence-electron chi connectivity index (χ1n) is 6.68. The van der Waals surface area contributed by atoms with Gasteiger partial charge in [-0.05, 0) is 36.4 Å². The number of methoxy groups -OCH3 is 1. The number of nitrogens with one attached hydrogen (secondary N) is 2. The van der Waals surface area contributed by atoms with Crippen LogP contribution in [0.1, 0.15) is 10.4 Å². The molecule has 0 fully saturated rings. The average Bonchev–Trinajstić information content (AvgIpc) is 3.04. The number of aromatic amines is 1. The highest BCUT2D eigenvalue weighted by atomic mass is 16.5. The summed E-state index contributed by atoms with van der Waals surface area (Å²) >= 11 is 0. The van der Waals surface area contributed by atoms with Crippen molar-refractivity contribution in [1.29, 1.82) is 0 Å². The molecule has 2 N–H and O–H groups in total. The van der Waals surface area contributed by atoms with E-state index in [0.29, 0.717) is 17.3 Å². The molecule has 1 aromatic carbocycles. The van der Waals surface area contributed by atoms with Gasteiger partial charge in [-0.2, -0.15) is 0 Å². The minimum atomic E-state index is -0.246. The van der Waals surface area contributed by atoms with E-state index in [-0.39, 0.29) is 5.91 Å². The number of ether oxygens (including phenoxy) is 1. The van der Waals surface area contributed by atoms with Crippen molar-refractivity contribution in [3.63, 3.8) is 0 Å². The fourth-order valence-corrected chi connectivity index (χ4v) is 1.96. The molecule has 2 aromatic heterocycles. The molecule has 0 aliphatic rings. The van der Waals surface area contributed by atoms with Gasteiger partial charge in [0.05, 0.1) is 24.7 Å². The number of pyridine rings is 1. The number of rotatable bonds is 4. The molecule has 3 rings (SSSR count). The third-order valence-corrected chi connectivity index (χ3v) is 3.10. The van der Waals surface area contributed by atoms with Crippen molar-refractivity contribution < 1.29 is 9.53 Å². The van der Waals surface area contributed by atoms with Gasteiger partial charge < -0.3 is 9.72 Å². The number of carbonyl (C=O) groups excluding carboxylic acids is 1. The normalized spacial score (nSPS) is 10.2. The van der Waals surface area contributed by atoms with E-state index in [1.807, 2.05) is 18.2 Å². The van der Waals surface area contributed by atoms with E-state index in [4.69, 9.17) is 4.74 Å². The van der Waals surface area contributed by atoms with Crippen LogP contribution in [0.5, 0.6) is 5.75 Å². The zero-order valence-electron chi connectivity index (χ0n) is 11.9. The second kappa shape index (κ2) is 6.09. The predicted octanol–water partition coefficient (Wildman–Crippen LogP) is 2.73. The van der Waals surface area contributed by atoms with Crippen LogP contribution in [0.25, 0.3) is 11.4 Å². The van der Waals surface area contributed by atoms with E-state index in [1.165, 1.54) is 0 Å². The van der Waals surface area contributed by atoms with Crippen LogP contribution in [0, 0.1) is 0 Å². The van der Waals surface area contributed by atoms with Gasteiger partial charge in [0.2, 0.25) is 5.95 Å². The smallest absolute Gasteiger partial charge is 0.257 e. The zero-order valence-corrected chi connectivity index (χ0v) is 11.9. The van der Waals surface area contributed by atoms with E-state index in [1.54, 1.807) is 43.8 Å². The molecule has 6 nitrogen and oxygen atoms in total. The second-order valence-electron chi connectivity index (χ2n) is 4.54. The molecule has 0 aliphatic heterocycles. The largest absolute Gasteiger partial charge is 0.497 e. The number of hydrogen-bond acceptors (Lipinski definition) is 4. The Kier molecular flexibility index (Phi) is 3.82. The molecule has 0 atom stereocenters. The maximum atomic E-state index is 12.1. The van der Waals surface area contributed by atoms with E-state index in [0.717, 1.165) is 11.4 Å². The lowest BCUT2D eigenvalue weighted by atomic mass is 10.2. The Morgan fingerprint density at radius 3 is 2.64 bits per heavy atom. The molecule has 0 saturated carbocycles. The second-order valence-corrected chi connectivity index (χ2v) is 4.54. The Bertz CT molecular complexity index is 766. The highest BCUT2D eigenvalue weighted by Gasteiger charge is 2.09. The standard InChI is InChI=1S/C16H14N4O2/c1-22-12-7-5-11(6-8-12)15(21)20-16-18-10-14(19-16)13-4-2-3-9-17-13/h2-10H,1H3,(H2,18,19,20,21). The lowest BCUT2D eigenvalue weighted by Crippen LogP contribution is -2.12. The quantitative estimate of drug-likeness (QED) is 0.775. The molecule has 0 bridgehead atoms. The molecular weight excluding hydrogens is 280 g/mol. The van der Waals surface area contributed by atoms with Crippen molar-refractivity contribution >= 4 is 11.9 Å². The van der Waals surface area contributed by atoms with E-state index in [9.17, 15) is 4.79 Å². The Morgan fingerprint density at radius 1 is 1.14 bits per heavy atom. The van der Waals surface area contributed by atoms with Gasteiger partial charge in [-0.1, -0.05) is 6.07 Å². The molecule has 1 amide bonds. The van der Waals surface area contributed by atoms with Gasteiger partial charge in [0.1, 0.15) is 5.75 Å². The first kappa shape index (κ1) is 13.8. The fraction of sp³-hybridized carbons (Fsp3) is 0.0625. The summed E-state index contributed by atoms with van der Waals surface area (Å²) in [4.78, 5) is 23.5. The maximum absolute atomic E-state index is 12.1. The van der Waals surface area contributed by atoms with Crippen LogP contribution in [-0.4, -0.2) is 28.0 Å². The number of aromatic nitrogens is 3. The number of amides is 1. The summed E-state index contributed by atoms with van der Waals surface area (Å²) in [6, 6.07) is 12.4. The van der Waals surface area contributed by atoms with Gasteiger partial charge in [0.15, 0.2) is 0 Å². The van der Waals surface area contributed by atoms with Gasteiger partial charge in [-0.3, -0.25) is 15.1 Å². The number of imidazole rings is 1. The van der Waals surface area contributed by atoms with Crippen LogP contribution in [0.2, 0.25) is 0 Å². The summed E-state index contributed by atoms with van der Waals surface area (Å²) in [6.07, 6.45) is 3.33. The van der Waals surface area contributed by atoms with Gasteiger partial charge >= 0.3 is 0 Å². The molecule has 2 heterocycles. The van der Waals surface area contributed by atoms with Crippen molar-refractivity contribution in [2.75, 3.05) is 12.4 Å². The highest BCUT2D eigenvalue weighted by molar-refractivity contribution is 6.03. The number of H-pyrrole nitrogens is 1. The summed E-state index contributed by atoms with van der Waals surface area (Å²) < 4.78 is 5.06. The number of hydrogen-bond donors (Lipinski definition) is 2. The molecule has 6 heteroatoms. The minimum absolute atomic E-state index is 0.246. The topological polar surface area (TPSA) is 79.9 Å². The van der Waals surface area contributed by atoms with Gasteiger partial charge in [-0.15, -0.1) is 0 Å². The summed E-state index contributed by atoms with van der Waals surface area (Å²) in [5.41, 5.74) is 2.03. The molecule has 110 valence electrons. The van der Waals surface area contributed by atoms with Crippen LogP contribution >= 0.6 is 0 Å². The third-order valence-electron chi connectivity index (χ3n) is 3.10. The Morgan fingerprint density at radius 2 is 1.95 bits per heavy atom.